The Hall–Kier alpha value is 0.182. The van der Waals surface area contributed by atoms with E-state index in [-0.39, 0.29) is 17.4 Å². The van der Waals surface area contributed by atoms with Crippen molar-refractivity contribution in [3.63, 3.8) is 0 Å². The van der Waals surface area contributed by atoms with Gasteiger partial charge in [0.25, 0.3) is 0 Å². The van der Waals surface area contributed by atoms with E-state index in [0.29, 0.717) is 6.42 Å². The Kier molecular flexibility index (Phi) is 14.7. The summed E-state index contributed by atoms with van der Waals surface area (Å²) in [5.41, 5.74) is 5.19. The number of carbonyl (C=O) groups is 1. The summed E-state index contributed by atoms with van der Waals surface area (Å²) in [6.07, 6.45) is 2.48. The molecule has 0 heterocycles. The topological polar surface area (TPSA) is 138 Å². The summed E-state index contributed by atoms with van der Waals surface area (Å²) in [4.78, 5) is 10.1. The molecule has 0 aliphatic carbocycles. The van der Waals surface area contributed by atoms with E-state index in [0.717, 1.165) is 5.75 Å². The van der Waals surface area contributed by atoms with Gasteiger partial charge in [-0.1, -0.05) is 0 Å². The van der Waals surface area contributed by atoms with Crippen molar-refractivity contribution < 1.29 is 44.8 Å². The zero-order valence-electron chi connectivity index (χ0n) is 7.86. The molecule has 0 aliphatic heterocycles. The van der Waals surface area contributed by atoms with Crippen molar-refractivity contribution in [2.24, 2.45) is 5.73 Å². The summed E-state index contributed by atoms with van der Waals surface area (Å²) < 4.78 is 31.6. The molecule has 0 bridgehead atoms. The number of hydrogen-bond donors (Lipinski definition) is 4. The van der Waals surface area contributed by atoms with Gasteiger partial charge in [0.15, 0.2) is 0 Å². The Labute approximate surface area is 103 Å². The third-order valence-corrected chi connectivity index (χ3v) is 1.59. The maximum atomic E-state index is 10.1. The number of nitrogens with two attached hydrogens (primary N) is 1. The van der Waals surface area contributed by atoms with Crippen LogP contribution in [0.2, 0.25) is 0 Å². The molecule has 0 amide bonds. The molecular formula is C5H13CrNO6S2. The second-order valence-corrected chi connectivity index (χ2v) is 4.06. The van der Waals surface area contributed by atoms with Crippen molar-refractivity contribution in [2.75, 3.05) is 12.0 Å². The van der Waals surface area contributed by atoms with E-state index in [2.05, 4.69) is 0 Å². The van der Waals surface area contributed by atoms with Gasteiger partial charge in [0, 0.05) is 17.4 Å². The molecule has 0 aromatic carbocycles. The first-order valence-corrected chi connectivity index (χ1v) is 6.14. The molecule has 15 heavy (non-hydrogen) atoms. The van der Waals surface area contributed by atoms with Crippen LogP contribution in [0.1, 0.15) is 6.42 Å². The number of thioether (sulfide) groups is 1. The summed E-state index contributed by atoms with van der Waals surface area (Å²) >= 11 is 1.60. The summed E-state index contributed by atoms with van der Waals surface area (Å²) in [5.74, 6) is -0.1000. The van der Waals surface area contributed by atoms with E-state index >= 15 is 0 Å². The maximum Gasteiger partial charge on any atom is 0.394 e. The van der Waals surface area contributed by atoms with E-state index in [1.165, 1.54) is 0 Å². The Morgan fingerprint density at radius 3 is 2.00 bits per heavy atom. The van der Waals surface area contributed by atoms with E-state index in [1.54, 1.807) is 11.8 Å². The van der Waals surface area contributed by atoms with Crippen LogP contribution in [0, 0.1) is 0 Å². The molecule has 10 heteroatoms. The van der Waals surface area contributed by atoms with Crippen LogP contribution in [0.25, 0.3) is 0 Å². The number of carboxylic acids is 1. The molecular weight excluding hydrogens is 286 g/mol. The van der Waals surface area contributed by atoms with E-state index < -0.39 is 22.4 Å². The molecule has 0 aromatic heterocycles. The van der Waals surface area contributed by atoms with Gasteiger partial charge in [-0.15, -0.1) is 0 Å². The van der Waals surface area contributed by atoms with E-state index in [4.69, 9.17) is 28.4 Å². The number of rotatable bonds is 4. The van der Waals surface area contributed by atoms with Crippen LogP contribution in [0.15, 0.2) is 0 Å². The van der Waals surface area contributed by atoms with Crippen LogP contribution in [0.4, 0.5) is 0 Å². The van der Waals surface area contributed by atoms with Crippen molar-refractivity contribution in [1.29, 1.82) is 0 Å². The minimum atomic E-state index is -4.67. The van der Waals surface area contributed by atoms with Gasteiger partial charge in [0.2, 0.25) is 0 Å². The standard InChI is InChI=1S/C5H11NO2S.Cr.H2O4S/c1-9-3-2-4(6)5(7)8;;1-5(2,3)4/h4H,2-3,6H2,1H3,(H,7,8);;(H2,1,2,3,4)/t4-;;/m0../s1. The summed E-state index contributed by atoms with van der Waals surface area (Å²) in [6, 6.07) is -0.683. The number of carboxylic acid groups (broad SMARTS) is 1. The van der Waals surface area contributed by atoms with Gasteiger partial charge < -0.3 is 10.8 Å². The molecule has 7 nitrogen and oxygen atoms in total. The fourth-order valence-electron chi connectivity index (χ4n) is 0.368. The van der Waals surface area contributed by atoms with Gasteiger partial charge in [-0.2, -0.15) is 20.2 Å². The first-order valence-electron chi connectivity index (χ1n) is 3.35. The fraction of sp³-hybridized carbons (Fsp3) is 0.800. The Balaban J connectivity index is -0.000000208. The van der Waals surface area contributed by atoms with Gasteiger partial charge >= 0.3 is 16.4 Å². The minimum absolute atomic E-state index is 0. The monoisotopic (exact) mass is 299 g/mol. The molecule has 0 saturated heterocycles. The van der Waals surface area contributed by atoms with Crippen LogP contribution in [0.3, 0.4) is 0 Å². The molecule has 0 saturated carbocycles. The third-order valence-electron chi connectivity index (χ3n) is 0.950. The summed E-state index contributed by atoms with van der Waals surface area (Å²) in [7, 11) is -4.67. The van der Waals surface area contributed by atoms with Gasteiger partial charge in [-0.3, -0.25) is 13.9 Å². The van der Waals surface area contributed by atoms with Crippen molar-refractivity contribution in [3.8, 4) is 0 Å². The summed E-state index contributed by atoms with van der Waals surface area (Å²) in [5, 5.41) is 8.27. The average Bonchev–Trinajstić information content (AvgIpc) is 1.96. The largest absolute Gasteiger partial charge is 0.480 e. The van der Waals surface area contributed by atoms with E-state index in [9.17, 15) is 4.79 Å². The van der Waals surface area contributed by atoms with Crippen LogP contribution >= 0.6 is 11.8 Å². The maximum absolute atomic E-state index is 10.1. The van der Waals surface area contributed by atoms with Crippen LogP contribution in [-0.4, -0.2) is 46.6 Å². The van der Waals surface area contributed by atoms with Gasteiger partial charge in [0.05, 0.1) is 0 Å². The van der Waals surface area contributed by atoms with Gasteiger partial charge in [-0.05, 0) is 18.4 Å². The molecule has 92 valence electrons. The second kappa shape index (κ2) is 10.7. The SMILES string of the molecule is CSCC[C@H](N)C(=O)O.O=S(=O)(O)O.[Cr]. The number of aliphatic carboxylic acids is 1. The predicted octanol–water partition coefficient (Wildman–Crippen LogP) is -0.504. The van der Waals surface area contributed by atoms with Crippen LogP contribution in [0.5, 0.6) is 0 Å². The van der Waals surface area contributed by atoms with Crippen LogP contribution < -0.4 is 5.73 Å². The molecule has 0 aliphatic rings. The normalized spacial score (nSPS) is 11.7. The van der Waals surface area contributed by atoms with Crippen molar-refractivity contribution >= 4 is 28.1 Å². The zero-order chi connectivity index (χ0) is 11.8. The van der Waals surface area contributed by atoms with Crippen molar-refractivity contribution in [2.45, 2.75) is 12.5 Å². The Bertz CT molecular complexity index is 248. The van der Waals surface area contributed by atoms with Crippen molar-refractivity contribution in [1.82, 2.24) is 0 Å². The Morgan fingerprint density at radius 1 is 1.47 bits per heavy atom. The van der Waals surface area contributed by atoms with Crippen LogP contribution in [-0.2, 0) is 32.6 Å². The van der Waals surface area contributed by atoms with E-state index in [1.807, 2.05) is 6.26 Å². The number of hydrogen-bond acceptors (Lipinski definition) is 5. The smallest absolute Gasteiger partial charge is 0.394 e. The fourth-order valence-corrected chi connectivity index (χ4v) is 0.858. The molecule has 0 fully saturated rings. The second-order valence-electron chi connectivity index (χ2n) is 2.17. The molecule has 5 N–H and O–H groups in total. The molecule has 0 unspecified atom stereocenters. The zero-order valence-corrected chi connectivity index (χ0v) is 10.8. The average molecular weight is 299 g/mol. The van der Waals surface area contributed by atoms with Gasteiger partial charge in [-0.25, -0.2) is 0 Å². The minimum Gasteiger partial charge on any atom is -0.480 e. The first kappa shape index (κ1) is 20.6. The van der Waals surface area contributed by atoms with Gasteiger partial charge in [0.1, 0.15) is 6.04 Å². The molecule has 0 aromatic rings. The molecule has 0 rings (SSSR count). The molecule has 0 spiro atoms. The first-order chi connectivity index (χ1) is 6.18. The Morgan fingerprint density at radius 2 is 1.80 bits per heavy atom. The quantitative estimate of drug-likeness (QED) is 0.509. The predicted molar refractivity (Wildman–Crippen MR) is 52.8 cm³/mol. The molecule has 0 radical (unpaired) electrons. The third kappa shape index (κ3) is 31.4. The molecule has 1 atom stereocenters. The summed E-state index contributed by atoms with van der Waals surface area (Å²) in [6.45, 7) is 0. The van der Waals surface area contributed by atoms with Crippen molar-refractivity contribution in [3.05, 3.63) is 0 Å².